The molecule has 0 saturated carbocycles. The first kappa shape index (κ1) is 25.0. The van der Waals surface area contributed by atoms with E-state index >= 15 is 0 Å². The smallest absolute Gasteiger partial charge is 0.242 e. The molecule has 0 radical (unpaired) electrons. The molecule has 3 amide bonds. The predicted molar refractivity (Wildman–Crippen MR) is 105 cm³/mol. The van der Waals surface area contributed by atoms with E-state index in [2.05, 4.69) is 0 Å². The van der Waals surface area contributed by atoms with Gasteiger partial charge in [-0.3, -0.25) is 24.1 Å². The van der Waals surface area contributed by atoms with Gasteiger partial charge in [-0.1, -0.05) is 13.8 Å². The van der Waals surface area contributed by atoms with Crippen LogP contribution in [-0.4, -0.2) is 104 Å². The molecule has 0 spiro atoms. The van der Waals surface area contributed by atoms with E-state index in [1.165, 1.54) is 14.7 Å². The van der Waals surface area contributed by atoms with Crippen molar-refractivity contribution >= 4 is 23.5 Å². The van der Waals surface area contributed by atoms with Gasteiger partial charge in [0.2, 0.25) is 17.7 Å². The van der Waals surface area contributed by atoms with Crippen LogP contribution < -0.4 is 0 Å². The summed E-state index contributed by atoms with van der Waals surface area (Å²) in [7, 11) is 6.65. The normalized spacial score (nSPS) is 11.1. The third-order valence-corrected chi connectivity index (χ3v) is 4.61. The van der Waals surface area contributed by atoms with Crippen LogP contribution >= 0.6 is 0 Å². The summed E-state index contributed by atoms with van der Waals surface area (Å²) in [5.41, 5.74) is 0. The molecule has 8 heteroatoms. The average Bonchev–Trinajstić information content (AvgIpc) is 2.58. The second-order valence-corrected chi connectivity index (χ2v) is 7.69. The number of hydrogen-bond donors (Lipinski definition) is 0. The number of rotatable bonds is 11. The fourth-order valence-corrected chi connectivity index (χ4v) is 2.01. The molecule has 0 heterocycles. The molecule has 8 nitrogen and oxygen atoms in total. The van der Waals surface area contributed by atoms with Crippen molar-refractivity contribution in [3.05, 3.63) is 0 Å². The van der Waals surface area contributed by atoms with Gasteiger partial charge in [0.05, 0.1) is 19.6 Å². The molecule has 27 heavy (non-hydrogen) atoms. The third kappa shape index (κ3) is 9.51. The van der Waals surface area contributed by atoms with Crippen LogP contribution in [0.5, 0.6) is 0 Å². The Balaban J connectivity index is 4.40. The predicted octanol–water partition coefficient (Wildman–Crippen LogP) is 0.317. The van der Waals surface area contributed by atoms with Crippen molar-refractivity contribution < 1.29 is 19.2 Å². The zero-order valence-corrected chi connectivity index (χ0v) is 18.1. The van der Waals surface area contributed by atoms with Crippen LogP contribution in [0.25, 0.3) is 0 Å². The van der Waals surface area contributed by atoms with Gasteiger partial charge in [0.1, 0.15) is 0 Å². The highest BCUT2D eigenvalue weighted by atomic mass is 16.2. The van der Waals surface area contributed by atoms with Crippen LogP contribution in [0.4, 0.5) is 0 Å². The van der Waals surface area contributed by atoms with Gasteiger partial charge in [0, 0.05) is 46.1 Å². The topological polar surface area (TPSA) is 81.2 Å². The largest absolute Gasteiger partial charge is 0.344 e. The van der Waals surface area contributed by atoms with Gasteiger partial charge in [-0.2, -0.15) is 0 Å². The molecule has 0 aromatic heterocycles. The molecule has 0 saturated heterocycles. The Hall–Kier alpha value is -1.96. The van der Waals surface area contributed by atoms with E-state index in [0.717, 1.165) is 0 Å². The lowest BCUT2D eigenvalue weighted by Gasteiger charge is -2.25. The van der Waals surface area contributed by atoms with Crippen molar-refractivity contribution in [2.75, 3.05) is 54.4 Å². The summed E-state index contributed by atoms with van der Waals surface area (Å²) < 4.78 is 0. The number of Topliss-reactive ketones (excluding diaryl/α,β-unsaturated/α-hetero) is 1. The molecule has 0 atom stereocenters. The summed E-state index contributed by atoms with van der Waals surface area (Å²) in [6.45, 7) is 8.13. The first-order valence-corrected chi connectivity index (χ1v) is 9.31. The Morgan fingerprint density at radius 1 is 0.667 bits per heavy atom. The molecule has 0 unspecified atom stereocenters. The Labute approximate surface area is 163 Å². The number of hydrogen-bond acceptors (Lipinski definition) is 5. The van der Waals surface area contributed by atoms with Crippen molar-refractivity contribution in [1.29, 1.82) is 0 Å². The minimum Gasteiger partial charge on any atom is -0.344 e. The maximum Gasteiger partial charge on any atom is 0.242 e. The molecule has 0 aromatic rings. The minimum absolute atomic E-state index is 0.0219. The summed E-state index contributed by atoms with van der Waals surface area (Å²) in [5, 5.41) is 0. The van der Waals surface area contributed by atoms with E-state index in [1.54, 1.807) is 35.0 Å². The maximum atomic E-state index is 12.2. The SMILES string of the molecule is CC(C)C(=O)CN(C)C(=O)CN(C)C(=O)CCN(C)C(=O)CN(C)C(C)C. The average molecular weight is 385 g/mol. The van der Waals surface area contributed by atoms with Gasteiger partial charge < -0.3 is 14.7 Å². The van der Waals surface area contributed by atoms with E-state index in [0.29, 0.717) is 13.1 Å². The van der Waals surface area contributed by atoms with Crippen LogP contribution in [0, 0.1) is 5.92 Å². The van der Waals surface area contributed by atoms with E-state index in [1.807, 2.05) is 25.8 Å². The van der Waals surface area contributed by atoms with Crippen LogP contribution in [-0.2, 0) is 19.2 Å². The fraction of sp³-hybridized carbons (Fsp3) is 0.789. The molecule has 0 aromatic carbocycles. The molecule has 156 valence electrons. The molecule has 0 bridgehead atoms. The molecular formula is C19H36N4O4. The summed E-state index contributed by atoms with van der Waals surface area (Å²) in [4.78, 5) is 54.4. The number of ketones is 1. The summed E-state index contributed by atoms with van der Waals surface area (Å²) in [6.07, 6.45) is 0.145. The highest BCUT2D eigenvalue weighted by Gasteiger charge is 2.20. The standard InChI is InChI=1S/C19H36N4O4/c1-14(2)16(24)11-22(7)19(27)13-23(8)17(25)9-10-20(5)18(26)12-21(6)15(3)4/h14-15H,9-13H2,1-8H3. The highest BCUT2D eigenvalue weighted by molar-refractivity contribution is 5.89. The molecule has 0 rings (SSSR count). The van der Waals surface area contributed by atoms with Crippen molar-refractivity contribution in [3.8, 4) is 0 Å². The van der Waals surface area contributed by atoms with Crippen molar-refractivity contribution in [2.24, 2.45) is 5.92 Å². The molecule has 0 fully saturated rings. The van der Waals surface area contributed by atoms with Crippen molar-refractivity contribution in [3.63, 3.8) is 0 Å². The second-order valence-electron chi connectivity index (χ2n) is 7.69. The summed E-state index contributed by atoms with van der Waals surface area (Å²) >= 11 is 0. The number of likely N-dealkylation sites (N-methyl/N-ethyl adjacent to an activating group) is 4. The van der Waals surface area contributed by atoms with Crippen molar-refractivity contribution in [1.82, 2.24) is 19.6 Å². The van der Waals surface area contributed by atoms with Gasteiger partial charge in [0.15, 0.2) is 5.78 Å². The van der Waals surface area contributed by atoms with Gasteiger partial charge in [0.25, 0.3) is 0 Å². The zero-order valence-electron chi connectivity index (χ0n) is 18.1. The van der Waals surface area contributed by atoms with E-state index in [4.69, 9.17) is 0 Å². The molecule has 0 aliphatic carbocycles. The van der Waals surface area contributed by atoms with Gasteiger partial charge in [-0.25, -0.2) is 0 Å². The van der Waals surface area contributed by atoms with Crippen LogP contribution in [0.15, 0.2) is 0 Å². The first-order valence-electron chi connectivity index (χ1n) is 9.31. The van der Waals surface area contributed by atoms with Crippen LogP contribution in [0.2, 0.25) is 0 Å². The number of carbonyl (C=O) groups excluding carboxylic acids is 4. The third-order valence-electron chi connectivity index (χ3n) is 4.61. The first-order chi connectivity index (χ1) is 12.4. The van der Waals surface area contributed by atoms with Gasteiger partial charge in [-0.15, -0.1) is 0 Å². The molecular weight excluding hydrogens is 348 g/mol. The molecule has 0 aliphatic rings. The summed E-state index contributed by atoms with van der Waals surface area (Å²) in [5.74, 6) is -0.718. The Morgan fingerprint density at radius 2 is 1.15 bits per heavy atom. The zero-order chi connectivity index (χ0) is 21.3. The number of carbonyl (C=O) groups is 4. The number of nitrogens with zero attached hydrogens (tertiary/aromatic N) is 4. The fourth-order valence-electron chi connectivity index (χ4n) is 2.01. The lowest BCUT2D eigenvalue weighted by Crippen LogP contribution is -2.43. The number of amides is 3. The summed E-state index contributed by atoms with van der Waals surface area (Å²) in [6, 6.07) is 0.265. The maximum absolute atomic E-state index is 12.2. The lowest BCUT2D eigenvalue weighted by molar-refractivity contribution is -0.140. The van der Waals surface area contributed by atoms with Gasteiger partial charge >= 0.3 is 0 Å². The Morgan fingerprint density at radius 3 is 1.63 bits per heavy atom. The minimum atomic E-state index is -0.289. The van der Waals surface area contributed by atoms with E-state index in [9.17, 15) is 19.2 Å². The second kappa shape index (κ2) is 11.7. The molecule has 0 N–H and O–H groups in total. The monoisotopic (exact) mass is 384 g/mol. The lowest BCUT2D eigenvalue weighted by atomic mass is 10.1. The molecule has 0 aliphatic heterocycles. The van der Waals surface area contributed by atoms with E-state index < -0.39 is 0 Å². The Kier molecular flexibility index (Phi) is 10.8. The van der Waals surface area contributed by atoms with Crippen molar-refractivity contribution in [2.45, 2.75) is 40.2 Å². The highest BCUT2D eigenvalue weighted by Crippen LogP contribution is 2.01. The van der Waals surface area contributed by atoms with Crippen LogP contribution in [0.3, 0.4) is 0 Å². The van der Waals surface area contributed by atoms with Crippen LogP contribution in [0.1, 0.15) is 34.1 Å². The quantitative estimate of drug-likeness (QED) is 0.512. The van der Waals surface area contributed by atoms with E-state index in [-0.39, 0.29) is 55.0 Å². The Bertz CT molecular complexity index is 534. The van der Waals surface area contributed by atoms with Gasteiger partial charge in [-0.05, 0) is 20.9 Å².